The molecule has 7 nitrogen and oxygen atoms in total. The van der Waals surface area contributed by atoms with Crippen molar-refractivity contribution in [3.8, 4) is 11.5 Å². The zero-order valence-electron chi connectivity index (χ0n) is 12.8. The molecule has 0 radical (unpaired) electrons. The number of hydrogen-bond donors (Lipinski definition) is 1. The highest BCUT2D eigenvalue weighted by Crippen LogP contribution is 2.32. The van der Waals surface area contributed by atoms with E-state index >= 15 is 0 Å². The SMILES string of the molecule is O=C(COC(=O)c1nc(Cl)ccc1Cl)Nc1ccc2c(c1)OCCO2. The number of amides is 1. The van der Waals surface area contributed by atoms with Crippen LogP contribution in [-0.2, 0) is 9.53 Å². The van der Waals surface area contributed by atoms with E-state index < -0.39 is 18.5 Å². The van der Waals surface area contributed by atoms with Gasteiger partial charge in [-0.2, -0.15) is 0 Å². The lowest BCUT2D eigenvalue weighted by Crippen LogP contribution is -2.22. The molecule has 0 aliphatic carbocycles. The molecule has 1 aliphatic rings. The first-order chi connectivity index (χ1) is 12.0. The van der Waals surface area contributed by atoms with Crippen molar-refractivity contribution in [3.05, 3.63) is 46.2 Å². The van der Waals surface area contributed by atoms with Crippen LogP contribution in [0, 0.1) is 0 Å². The molecule has 0 saturated heterocycles. The normalized spacial score (nSPS) is 12.4. The van der Waals surface area contributed by atoms with Gasteiger partial charge in [0.1, 0.15) is 18.4 Å². The molecule has 1 amide bonds. The number of halogens is 2. The molecular formula is C16H12Cl2N2O5. The van der Waals surface area contributed by atoms with Gasteiger partial charge in [0, 0.05) is 11.8 Å². The number of aromatic nitrogens is 1. The Morgan fingerprint density at radius 3 is 2.68 bits per heavy atom. The van der Waals surface area contributed by atoms with Crippen LogP contribution in [-0.4, -0.2) is 36.7 Å². The van der Waals surface area contributed by atoms with Gasteiger partial charge < -0.3 is 19.5 Å². The van der Waals surface area contributed by atoms with E-state index in [9.17, 15) is 9.59 Å². The van der Waals surface area contributed by atoms with Crippen LogP contribution < -0.4 is 14.8 Å². The first kappa shape index (κ1) is 17.3. The Kier molecular flexibility index (Phi) is 5.25. The monoisotopic (exact) mass is 382 g/mol. The summed E-state index contributed by atoms with van der Waals surface area (Å²) in [6, 6.07) is 7.83. The standard InChI is InChI=1S/C16H12Cl2N2O5/c17-10-2-4-13(18)20-15(10)16(22)25-8-14(21)19-9-1-3-11-12(7-9)24-6-5-23-11/h1-4,7H,5-6,8H2,(H,19,21). The van der Waals surface area contributed by atoms with Crippen LogP contribution in [0.1, 0.15) is 10.5 Å². The minimum Gasteiger partial charge on any atom is -0.486 e. The van der Waals surface area contributed by atoms with E-state index in [1.165, 1.54) is 12.1 Å². The number of fused-ring (bicyclic) bond motifs is 1. The minimum absolute atomic E-state index is 0.0849. The van der Waals surface area contributed by atoms with Crippen molar-refractivity contribution in [3.63, 3.8) is 0 Å². The maximum absolute atomic E-state index is 11.9. The molecule has 0 bridgehead atoms. The Hall–Kier alpha value is -2.51. The predicted molar refractivity (Wildman–Crippen MR) is 90.6 cm³/mol. The van der Waals surface area contributed by atoms with Crippen molar-refractivity contribution in [1.29, 1.82) is 0 Å². The summed E-state index contributed by atoms with van der Waals surface area (Å²) < 4.78 is 15.7. The lowest BCUT2D eigenvalue weighted by Gasteiger charge is -2.19. The Morgan fingerprint density at radius 1 is 1.12 bits per heavy atom. The third kappa shape index (κ3) is 4.32. The van der Waals surface area contributed by atoms with Crippen molar-refractivity contribution >= 4 is 40.8 Å². The Bertz CT molecular complexity index is 828. The molecule has 0 fully saturated rings. The Morgan fingerprint density at radius 2 is 1.88 bits per heavy atom. The highest BCUT2D eigenvalue weighted by molar-refractivity contribution is 6.34. The molecule has 0 atom stereocenters. The topological polar surface area (TPSA) is 86.8 Å². The molecule has 0 saturated carbocycles. The van der Waals surface area contributed by atoms with Gasteiger partial charge in [-0.25, -0.2) is 9.78 Å². The minimum atomic E-state index is -0.843. The van der Waals surface area contributed by atoms with Crippen molar-refractivity contribution in [2.24, 2.45) is 0 Å². The molecule has 0 unspecified atom stereocenters. The zero-order valence-corrected chi connectivity index (χ0v) is 14.3. The van der Waals surface area contributed by atoms with E-state index in [4.69, 9.17) is 37.4 Å². The summed E-state index contributed by atoms with van der Waals surface area (Å²) in [4.78, 5) is 27.6. The van der Waals surface area contributed by atoms with Crippen LogP contribution in [0.15, 0.2) is 30.3 Å². The quantitative estimate of drug-likeness (QED) is 0.645. The maximum Gasteiger partial charge on any atom is 0.359 e. The number of rotatable bonds is 4. The van der Waals surface area contributed by atoms with Gasteiger partial charge in [-0.05, 0) is 24.3 Å². The molecule has 0 spiro atoms. The molecule has 2 heterocycles. The second kappa shape index (κ2) is 7.58. The summed E-state index contributed by atoms with van der Waals surface area (Å²) in [5.41, 5.74) is 0.338. The van der Waals surface area contributed by atoms with Crippen molar-refractivity contribution in [2.45, 2.75) is 0 Å². The zero-order chi connectivity index (χ0) is 17.8. The molecular weight excluding hydrogens is 371 g/mol. The fourth-order valence-electron chi connectivity index (χ4n) is 2.08. The van der Waals surface area contributed by atoms with Crippen LogP contribution in [0.5, 0.6) is 11.5 Å². The number of anilines is 1. The van der Waals surface area contributed by atoms with E-state index in [1.54, 1.807) is 18.2 Å². The van der Waals surface area contributed by atoms with E-state index in [1.807, 2.05) is 0 Å². The Balaban J connectivity index is 1.58. The third-order valence-corrected chi connectivity index (χ3v) is 3.68. The van der Waals surface area contributed by atoms with Gasteiger partial charge in [-0.1, -0.05) is 23.2 Å². The molecule has 1 aromatic heterocycles. The molecule has 1 aromatic carbocycles. The largest absolute Gasteiger partial charge is 0.486 e. The molecule has 1 aliphatic heterocycles. The van der Waals surface area contributed by atoms with Gasteiger partial charge in [0.2, 0.25) is 0 Å². The second-order valence-corrected chi connectivity index (χ2v) is 5.74. The number of nitrogens with zero attached hydrogens (tertiary/aromatic N) is 1. The number of carbonyl (C=O) groups excluding carboxylic acids is 2. The van der Waals surface area contributed by atoms with E-state index in [0.717, 1.165) is 0 Å². The fourth-order valence-corrected chi connectivity index (χ4v) is 2.41. The molecule has 25 heavy (non-hydrogen) atoms. The summed E-state index contributed by atoms with van der Waals surface area (Å²) in [7, 11) is 0. The van der Waals surface area contributed by atoms with Gasteiger partial charge in [-0.15, -0.1) is 0 Å². The smallest absolute Gasteiger partial charge is 0.359 e. The number of esters is 1. The summed E-state index contributed by atoms with van der Waals surface area (Å²) in [5, 5.41) is 2.77. The maximum atomic E-state index is 11.9. The van der Waals surface area contributed by atoms with Gasteiger partial charge in [-0.3, -0.25) is 4.79 Å². The third-order valence-electron chi connectivity index (χ3n) is 3.17. The van der Waals surface area contributed by atoms with Gasteiger partial charge in [0.05, 0.1) is 5.02 Å². The lowest BCUT2D eigenvalue weighted by molar-refractivity contribution is -0.119. The molecule has 3 rings (SSSR count). The second-order valence-electron chi connectivity index (χ2n) is 4.95. The van der Waals surface area contributed by atoms with Crippen molar-refractivity contribution in [1.82, 2.24) is 4.98 Å². The summed E-state index contributed by atoms with van der Waals surface area (Å²) >= 11 is 11.6. The van der Waals surface area contributed by atoms with Gasteiger partial charge in [0.25, 0.3) is 5.91 Å². The first-order valence-corrected chi connectivity index (χ1v) is 7.97. The molecule has 2 aromatic rings. The summed E-state index contributed by atoms with van der Waals surface area (Å²) in [5.74, 6) is -0.221. The number of benzene rings is 1. The number of hydrogen-bond acceptors (Lipinski definition) is 6. The van der Waals surface area contributed by atoms with Crippen LogP contribution in [0.25, 0.3) is 0 Å². The van der Waals surface area contributed by atoms with Crippen molar-refractivity contribution in [2.75, 3.05) is 25.1 Å². The number of nitrogens with one attached hydrogen (secondary N) is 1. The predicted octanol–water partition coefficient (Wildman–Crippen LogP) is 2.96. The first-order valence-electron chi connectivity index (χ1n) is 7.21. The van der Waals surface area contributed by atoms with Crippen LogP contribution in [0.2, 0.25) is 10.2 Å². The highest BCUT2D eigenvalue weighted by Gasteiger charge is 2.17. The molecule has 1 N–H and O–H groups in total. The number of carbonyl (C=O) groups is 2. The van der Waals surface area contributed by atoms with Crippen LogP contribution in [0.3, 0.4) is 0 Å². The van der Waals surface area contributed by atoms with E-state index in [2.05, 4.69) is 10.3 Å². The number of pyridine rings is 1. The highest BCUT2D eigenvalue weighted by atomic mass is 35.5. The van der Waals surface area contributed by atoms with Crippen molar-refractivity contribution < 1.29 is 23.8 Å². The summed E-state index contributed by atoms with van der Waals surface area (Å²) in [6.45, 7) is 0.419. The average Bonchev–Trinajstić information content (AvgIpc) is 2.61. The van der Waals surface area contributed by atoms with Gasteiger partial charge >= 0.3 is 5.97 Å². The molecule has 9 heteroatoms. The lowest BCUT2D eigenvalue weighted by atomic mass is 10.2. The number of ether oxygens (including phenoxy) is 3. The van der Waals surface area contributed by atoms with Gasteiger partial charge in [0.15, 0.2) is 23.8 Å². The molecule has 130 valence electrons. The van der Waals surface area contributed by atoms with E-state index in [-0.39, 0.29) is 15.9 Å². The van der Waals surface area contributed by atoms with Crippen LogP contribution >= 0.6 is 23.2 Å². The van der Waals surface area contributed by atoms with Crippen LogP contribution in [0.4, 0.5) is 5.69 Å². The average molecular weight is 383 g/mol. The van der Waals surface area contributed by atoms with E-state index in [0.29, 0.717) is 30.4 Å². The summed E-state index contributed by atoms with van der Waals surface area (Å²) in [6.07, 6.45) is 0. The Labute approximate surface area is 152 Å². The fraction of sp³-hybridized carbons (Fsp3) is 0.188.